The molecule has 0 amide bonds. The van der Waals surface area contributed by atoms with Gasteiger partial charge >= 0.3 is 0 Å². The minimum atomic E-state index is -0.347. The molecule has 0 aliphatic rings. The van der Waals surface area contributed by atoms with Crippen molar-refractivity contribution in [1.29, 1.82) is 0 Å². The molecule has 0 saturated heterocycles. The minimum Gasteiger partial charge on any atom is -0.516 e. The highest BCUT2D eigenvalue weighted by Gasteiger charge is 1.91. The predicted octanol–water partition coefficient (Wildman–Crippen LogP) is 1.06. The van der Waals surface area contributed by atoms with Gasteiger partial charge in [0.15, 0.2) is 0 Å². The topological polar surface area (TPSA) is 37.3 Å². The minimum absolute atomic E-state index is 0.347. The Morgan fingerprint density at radius 1 is 1.62 bits per heavy atom. The van der Waals surface area contributed by atoms with E-state index in [-0.39, 0.29) is 5.92 Å². The van der Waals surface area contributed by atoms with Gasteiger partial charge in [0.2, 0.25) is 0 Å². The number of carbonyl (C=O) groups excluding carboxylic acids is 1. The molecule has 0 fully saturated rings. The maximum atomic E-state index is 9.89. The number of hydrogen-bond donors (Lipinski definition) is 1. The molecule has 0 bridgehead atoms. The van der Waals surface area contributed by atoms with Gasteiger partial charge in [-0.3, -0.25) is 0 Å². The summed E-state index contributed by atoms with van der Waals surface area (Å²) in [5.74, 6) is -0.347. The van der Waals surface area contributed by atoms with E-state index in [0.29, 0.717) is 6.29 Å². The van der Waals surface area contributed by atoms with Crippen molar-refractivity contribution < 1.29 is 9.90 Å². The quantitative estimate of drug-likeness (QED) is 0.336. The van der Waals surface area contributed by atoms with Crippen LogP contribution in [-0.4, -0.2) is 11.4 Å². The second-order valence-corrected chi connectivity index (χ2v) is 1.29. The first-order valence-corrected chi connectivity index (χ1v) is 2.24. The normalized spacial score (nSPS) is 13.5. The SMILES string of the molecule is C=CC(C=O)C=CO. The highest BCUT2D eigenvalue weighted by molar-refractivity contribution is 5.59. The van der Waals surface area contributed by atoms with Crippen molar-refractivity contribution in [3.8, 4) is 0 Å². The van der Waals surface area contributed by atoms with Crippen LogP contribution < -0.4 is 0 Å². The lowest BCUT2D eigenvalue weighted by atomic mass is 10.2. The number of allylic oxidation sites excluding steroid dienone is 2. The first-order chi connectivity index (χ1) is 3.85. The molecule has 0 aliphatic carbocycles. The highest BCUT2D eigenvalue weighted by Crippen LogP contribution is 1.92. The Labute approximate surface area is 48.1 Å². The summed E-state index contributed by atoms with van der Waals surface area (Å²) >= 11 is 0. The molecule has 1 atom stereocenters. The predicted molar refractivity (Wildman–Crippen MR) is 31.5 cm³/mol. The molecule has 1 N–H and O–H groups in total. The van der Waals surface area contributed by atoms with Gasteiger partial charge in [-0.1, -0.05) is 6.08 Å². The molecule has 0 saturated carbocycles. The molecular formula is C6H8O2. The Morgan fingerprint density at radius 3 is 2.38 bits per heavy atom. The Balaban J connectivity index is 3.69. The largest absolute Gasteiger partial charge is 0.516 e. The number of aldehydes is 1. The lowest BCUT2D eigenvalue weighted by Gasteiger charge is -1.88. The van der Waals surface area contributed by atoms with E-state index < -0.39 is 0 Å². The molecule has 44 valence electrons. The second kappa shape index (κ2) is 4.12. The third kappa shape index (κ3) is 2.18. The summed E-state index contributed by atoms with van der Waals surface area (Å²) < 4.78 is 0. The zero-order valence-corrected chi connectivity index (χ0v) is 4.45. The summed E-state index contributed by atoms with van der Waals surface area (Å²) in [4.78, 5) is 9.89. The zero-order chi connectivity index (χ0) is 6.41. The van der Waals surface area contributed by atoms with E-state index in [0.717, 1.165) is 6.26 Å². The summed E-state index contributed by atoms with van der Waals surface area (Å²) in [6, 6.07) is 0. The van der Waals surface area contributed by atoms with E-state index >= 15 is 0 Å². The van der Waals surface area contributed by atoms with Crippen molar-refractivity contribution in [2.45, 2.75) is 0 Å². The van der Waals surface area contributed by atoms with Gasteiger partial charge in [-0.15, -0.1) is 6.58 Å². The molecule has 0 aromatic heterocycles. The fourth-order valence-electron chi connectivity index (χ4n) is 0.279. The molecule has 0 rings (SSSR count). The van der Waals surface area contributed by atoms with Crippen LogP contribution in [0.5, 0.6) is 0 Å². The van der Waals surface area contributed by atoms with Crippen LogP contribution in [0.4, 0.5) is 0 Å². The van der Waals surface area contributed by atoms with Gasteiger partial charge in [0.1, 0.15) is 6.29 Å². The molecule has 0 heterocycles. The molecule has 8 heavy (non-hydrogen) atoms. The van der Waals surface area contributed by atoms with Crippen molar-refractivity contribution >= 4 is 6.29 Å². The van der Waals surface area contributed by atoms with Crippen LogP contribution >= 0.6 is 0 Å². The maximum absolute atomic E-state index is 9.89. The van der Waals surface area contributed by atoms with Gasteiger partial charge in [0, 0.05) is 0 Å². The van der Waals surface area contributed by atoms with Gasteiger partial charge in [0.25, 0.3) is 0 Å². The molecule has 2 nitrogen and oxygen atoms in total. The first kappa shape index (κ1) is 6.95. The van der Waals surface area contributed by atoms with Crippen LogP contribution in [-0.2, 0) is 4.79 Å². The van der Waals surface area contributed by atoms with E-state index in [1.807, 2.05) is 0 Å². The van der Waals surface area contributed by atoms with Gasteiger partial charge < -0.3 is 9.90 Å². The molecule has 0 aromatic carbocycles. The lowest BCUT2D eigenvalue weighted by Crippen LogP contribution is -1.89. The molecule has 1 unspecified atom stereocenters. The Morgan fingerprint density at radius 2 is 2.25 bits per heavy atom. The Kier molecular flexibility index (Phi) is 3.58. The maximum Gasteiger partial charge on any atom is 0.130 e. The third-order valence-electron chi connectivity index (χ3n) is 0.738. The molecule has 0 aliphatic heterocycles. The number of aliphatic hydroxyl groups is 1. The third-order valence-corrected chi connectivity index (χ3v) is 0.738. The van der Waals surface area contributed by atoms with Crippen LogP contribution in [0.3, 0.4) is 0 Å². The van der Waals surface area contributed by atoms with E-state index in [9.17, 15) is 4.79 Å². The van der Waals surface area contributed by atoms with Gasteiger partial charge in [-0.25, -0.2) is 0 Å². The number of carbonyl (C=O) groups is 1. The standard InChI is InChI=1S/C6H8O2/c1-2-6(5-8)3-4-7/h2-7H,1H2. The van der Waals surface area contributed by atoms with Crippen LogP contribution in [0, 0.1) is 5.92 Å². The lowest BCUT2D eigenvalue weighted by molar-refractivity contribution is -0.108. The average molecular weight is 112 g/mol. The van der Waals surface area contributed by atoms with E-state index in [1.54, 1.807) is 0 Å². The van der Waals surface area contributed by atoms with Crippen LogP contribution in [0.25, 0.3) is 0 Å². The first-order valence-electron chi connectivity index (χ1n) is 2.24. The Bertz CT molecular complexity index is 97.1. The van der Waals surface area contributed by atoms with Crippen LogP contribution in [0.1, 0.15) is 0 Å². The monoisotopic (exact) mass is 112 g/mol. The second-order valence-electron chi connectivity index (χ2n) is 1.29. The van der Waals surface area contributed by atoms with Crippen LogP contribution in [0.15, 0.2) is 25.0 Å². The summed E-state index contributed by atoms with van der Waals surface area (Å²) in [6.45, 7) is 3.36. The van der Waals surface area contributed by atoms with E-state index in [2.05, 4.69) is 6.58 Å². The smallest absolute Gasteiger partial charge is 0.130 e. The van der Waals surface area contributed by atoms with E-state index in [1.165, 1.54) is 12.2 Å². The number of hydrogen-bond acceptors (Lipinski definition) is 2. The summed E-state index contributed by atoms with van der Waals surface area (Å²) in [5, 5.41) is 8.11. The van der Waals surface area contributed by atoms with Crippen molar-refractivity contribution in [2.24, 2.45) is 5.92 Å². The van der Waals surface area contributed by atoms with E-state index in [4.69, 9.17) is 5.11 Å². The molecule has 0 radical (unpaired) electrons. The van der Waals surface area contributed by atoms with Crippen molar-refractivity contribution in [2.75, 3.05) is 0 Å². The summed E-state index contributed by atoms with van der Waals surface area (Å²) in [5.41, 5.74) is 0. The van der Waals surface area contributed by atoms with Crippen molar-refractivity contribution in [1.82, 2.24) is 0 Å². The summed E-state index contributed by atoms with van der Waals surface area (Å²) in [6.07, 6.45) is 4.32. The summed E-state index contributed by atoms with van der Waals surface area (Å²) in [7, 11) is 0. The fraction of sp³-hybridized carbons (Fsp3) is 0.167. The van der Waals surface area contributed by atoms with Crippen molar-refractivity contribution in [3.05, 3.63) is 25.0 Å². The molecule has 2 heteroatoms. The van der Waals surface area contributed by atoms with Gasteiger partial charge in [0.05, 0.1) is 12.2 Å². The number of aliphatic hydroxyl groups excluding tert-OH is 1. The number of rotatable bonds is 3. The molecule has 0 aromatic rings. The zero-order valence-electron chi connectivity index (χ0n) is 4.45. The highest BCUT2D eigenvalue weighted by atomic mass is 16.2. The average Bonchev–Trinajstić information content (AvgIpc) is 1.83. The molecular weight excluding hydrogens is 104 g/mol. The Hall–Kier alpha value is -1.05. The van der Waals surface area contributed by atoms with Gasteiger partial charge in [-0.05, 0) is 6.08 Å². The molecule has 0 spiro atoms. The van der Waals surface area contributed by atoms with Crippen molar-refractivity contribution in [3.63, 3.8) is 0 Å². The van der Waals surface area contributed by atoms with Crippen LogP contribution in [0.2, 0.25) is 0 Å². The van der Waals surface area contributed by atoms with Gasteiger partial charge in [-0.2, -0.15) is 0 Å². The fourth-order valence-corrected chi connectivity index (χ4v) is 0.279.